The molecule has 0 saturated heterocycles. The molecule has 3 aromatic carbocycles. The maximum atomic E-state index is 13.2. The summed E-state index contributed by atoms with van der Waals surface area (Å²) < 4.78 is 2.06. The van der Waals surface area contributed by atoms with Crippen LogP contribution in [0.3, 0.4) is 0 Å². The van der Waals surface area contributed by atoms with Gasteiger partial charge in [0.25, 0.3) is 5.91 Å². The van der Waals surface area contributed by atoms with Gasteiger partial charge in [0.1, 0.15) is 0 Å². The smallest absolute Gasteiger partial charge is 0.335 e. The fourth-order valence-corrected chi connectivity index (χ4v) is 4.22. The number of aryl methyl sites for hydroxylation is 1. The minimum absolute atomic E-state index is 0.178. The largest absolute Gasteiger partial charge is 0.478 e. The maximum absolute atomic E-state index is 13.2. The van der Waals surface area contributed by atoms with Gasteiger partial charge in [0.2, 0.25) is 0 Å². The van der Waals surface area contributed by atoms with Crippen LogP contribution in [0.15, 0.2) is 85.1 Å². The Morgan fingerprint density at radius 3 is 2.53 bits per heavy atom. The van der Waals surface area contributed by atoms with Gasteiger partial charge in [-0.2, -0.15) is 0 Å². The molecule has 2 aromatic heterocycles. The predicted octanol–water partition coefficient (Wildman–Crippen LogP) is 5.17. The van der Waals surface area contributed by atoms with Crippen LogP contribution in [0.25, 0.3) is 21.8 Å². The summed E-state index contributed by atoms with van der Waals surface area (Å²) in [5, 5.41) is 14.1. The molecule has 2 heterocycles. The number of nitrogens with one attached hydrogen (secondary N) is 1. The highest BCUT2D eigenvalue weighted by Crippen LogP contribution is 2.24. The van der Waals surface area contributed by atoms with Crippen LogP contribution in [-0.4, -0.2) is 26.5 Å². The Balaban J connectivity index is 1.42. The third-order valence-corrected chi connectivity index (χ3v) is 5.89. The first-order chi connectivity index (χ1) is 16.5. The van der Waals surface area contributed by atoms with E-state index in [0.29, 0.717) is 18.7 Å². The van der Waals surface area contributed by atoms with E-state index < -0.39 is 5.97 Å². The maximum Gasteiger partial charge on any atom is 0.335 e. The normalized spacial score (nSPS) is 11.1. The minimum atomic E-state index is -0.973. The Hall–Kier alpha value is -4.45. The number of benzene rings is 3. The molecule has 6 nitrogen and oxygen atoms in total. The zero-order valence-corrected chi connectivity index (χ0v) is 18.7. The molecule has 0 radical (unpaired) electrons. The number of carboxylic acid groups (broad SMARTS) is 1. The Morgan fingerprint density at radius 2 is 1.74 bits per heavy atom. The van der Waals surface area contributed by atoms with E-state index in [9.17, 15) is 9.59 Å². The number of hydrogen-bond donors (Lipinski definition) is 2. The highest BCUT2D eigenvalue weighted by Gasteiger charge is 2.15. The molecule has 6 heteroatoms. The highest BCUT2D eigenvalue weighted by atomic mass is 16.4. The van der Waals surface area contributed by atoms with Gasteiger partial charge >= 0.3 is 5.97 Å². The van der Waals surface area contributed by atoms with Gasteiger partial charge in [-0.1, -0.05) is 36.4 Å². The second-order valence-electron chi connectivity index (χ2n) is 8.37. The molecule has 0 saturated carbocycles. The molecule has 5 aromatic rings. The van der Waals surface area contributed by atoms with Crippen LogP contribution in [0, 0.1) is 6.92 Å². The molecular formula is C28H23N3O3. The number of para-hydroxylation sites is 1. The van der Waals surface area contributed by atoms with Gasteiger partial charge in [-0.15, -0.1) is 0 Å². The van der Waals surface area contributed by atoms with E-state index in [1.165, 1.54) is 12.1 Å². The van der Waals surface area contributed by atoms with E-state index in [4.69, 9.17) is 10.1 Å². The fraction of sp³-hybridized carbons (Fsp3) is 0.107. The van der Waals surface area contributed by atoms with E-state index in [0.717, 1.165) is 38.6 Å². The Bertz CT molecular complexity index is 1530. The van der Waals surface area contributed by atoms with E-state index in [-0.39, 0.29) is 11.5 Å². The number of carbonyl (C=O) groups excluding carboxylic acids is 1. The Morgan fingerprint density at radius 1 is 0.941 bits per heavy atom. The van der Waals surface area contributed by atoms with Crippen LogP contribution in [0.1, 0.15) is 37.5 Å². The molecule has 0 aliphatic rings. The molecule has 168 valence electrons. The number of nitrogens with zero attached hydrogens (tertiary/aromatic N) is 2. The van der Waals surface area contributed by atoms with Crippen molar-refractivity contribution in [2.75, 3.05) is 0 Å². The number of amides is 1. The Labute approximate surface area is 196 Å². The van der Waals surface area contributed by atoms with Crippen molar-refractivity contribution in [2.45, 2.75) is 20.0 Å². The first-order valence-corrected chi connectivity index (χ1v) is 11.0. The average molecular weight is 450 g/mol. The SMILES string of the molecule is Cc1cc(C(=O)NCc2ccc(C(=O)O)cc2)c2c(ccn2Cc2ccc3ccccc3n2)c1. The first-order valence-electron chi connectivity index (χ1n) is 11.0. The van der Waals surface area contributed by atoms with Gasteiger partial charge < -0.3 is 15.0 Å². The molecule has 0 unspecified atom stereocenters. The lowest BCUT2D eigenvalue weighted by atomic mass is 10.1. The van der Waals surface area contributed by atoms with Gasteiger partial charge in [0.05, 0.1) is 34.4 Å². The lowest BCUT2D eigenvalue weighted by Gasteiger charge is -2.12. The van der Waals surface area contributed by atoms with Crippen LogP contribution in [0.5, 0.6) is 0 Å². The molecule has 1 amide bonds. The van der Waals surface area contributed by atoms with Crippen molar-refractivity contribution < 1.29 is 14.7 Å². The van der Waals surface area contributed by atoms with Crippen molar-refractivity contribution >= 4 is 33.7 Å². The summed E-state index contributed by atoms with van der Waals surface area (Å²) in [6.45, 7) is 2.83. The quantitative estimate of drug-likeness (QED) is 0.374. The average Bonchev–Trinajstić information content (AvgIpc) is 3.24. The van der Waals surface area contributed by atoms with Gasteiger partial charge in [-0.3, -0.25) is 9.78 Å². The molecular weight excluding hydrogens is 426 g/mol. The lowest BCUT2D eigenvalue weighted by molar-refractivity contribution is 0.0696. The van der Waals surface area contributed by atoms with Crippen molar-refractivity contribution in [2.24, 2.45) is 0 Å². The van der Waals surface area contributed by atoms with Crippen LogP contribution in [-0.2, 0) is 13.1 Å². The van der Waals surface area contributed by atoms with E-state index >= 15 is 0 Å². The minimum Gasteiger partial charge on any atom is -0.478 e. The molecule has 0 atom stereocenters. The third-order valence-electron chi connectivity index (χ3n) is 5.89. The summed E-state index contributed by atoms with van der Waals surface area (Å²) >= 11 is 0. The van der Waals surface area contributed by atoms with Crippen molar-refractivity contribution in [3.05, 3.63) is 113 Å². The summed E-state index contributed by atoms with van der Waals surface area (Å²) in [5.41, 5.74) is 5.38. The van der Waals surface area contributed by atoms with Gasteiger partial charge in [-0.25, -0.2) is 4.79 Å². The van der Waals surface area contributed by atoms with Gasteiger partial charge in [0.15, 0.2) is 0 Å². The summed E-state index contributed by atoms with van der Waals surface area (Å²) in [4.78, 5) is 29.0. The predicted molar refractivity (Wildman–Crippen MR) is 132 cm³/mol. The topological polar surface area (TPSA) is 84.2 Å². The first kappa shape index (κ1) is 21.4. The highest BCUT2D eigenvalue weighted by molar-refractivity contribution is 6.06. The number of pyridine rings is 1. The number of rotatable bonds is 6. The zero-order chi connectivity index (χ0) is 23.7. The van der Waals surface area contributed by atoms with Crippen LogP contribution in [0.2, 0.25) is 0 Å². The summed E-state index contributed by atoms with van der Waals surface area (Å²) in [7, 11) is 0. The van der Waals surface area contributed by atoms with Crippen LogP contribution >= 0.6 is 0 Å². The van der Waals surface area contributed by atoms with Crippen LogP contribution in [0.4, 0.5) is 0 Å². The van der Waals surface area contributed by atoms with E-state index in [2.05, 4.69) is 22.0 Å². The second kappa shape index (κ2) is 8.83. The fourth-order valence-electron chi connectivity index (χ4n) is 4.22. The lowest BCUT2D eigenvalue weighted by Crippen LogP contribution is -2.23. The van der Waals surface area contributed by atoms with Crippen molar-refractivity contribution in [3.8, 4) is 0 Å². The molecule has 34 heavy (non-hydrogen) atoms. The Kier molecular flexibility index (Phi) is 5.55. The van der Waals surface area contributed by atoms with Gasteiger partial charge in [0, 0.05) is 23.5 Å². The second-order valence-corrected chi connectivity index (χ2v) is 8.37. The van der Waals surface area contributed by atoms with Crippen LogP contribution < -0.4 is 5.32 Å². The third kappa shape index (κ3) is 4.26. The number of carbonyl (C=O) groups is 2. The number of aromatic carboxylic acids is 1. The number of hydrogen-bond acceptors (Lipinski definition) is 3. The summed E-state index contributed by atoms with van der Waals surface area (Å²) in [5.74, 6) is -1.15. The van der Waals surface area contributed by atoms with Crippen molar-refractivity contribution in [1.82, 2.24) is 14.9 Å². The summed E-state index contributed by atoms with van der Waals surface area (Å²) in [6, 6.07) is 24.6. The van der Waals surface area contributed by atoms with Crippen molar-refractivity contribution in [3.63, 3.8) is 0 Å². The number of aromatic nitrogens is 2. The molecule has 5 rings (SSSR count). The molecule has 0 fully saturated rings. The monoisotopic (exact) mass is 449 g/mol. The molecule has 2 N–H and O–H groups in total. The number of fused-ring (bicyclic) bond motifs is 2. The van der Waals surface area contributed by atoms with Crippen molar-refractivity contribution in [1.29, 1.82) is 0 Å². The molecule has 0 aliphatic heterocycles. The van der Waals surface area contributed by atoms with E-state index in [1.807, 2.05) is 55.6 Å². The zero-order valence-electron chi connectivity index (χ0n) is 18.7. The molecule has 0 bridgehead atoms. The van der Waals surface area contributed by atoms with Gasteiger partial charge in [-0.05, 0) is 60.5 Å². The van der Waals surface area contributed by atoms with E-state index in [1.54, 1.807) is 12.1 Å². The standard InChI is InChI=1S/C28H23N3O3/c1-18-14-22-12-13-31(17-23-11-10-20-4-2-3-5-25(20)30-23)26(22)24(15-18)27(32)29-16-19-6-8-21(9-7-19)28(33)34/h2-15H,16-17H2,1H3,(H,29,32)(H,33,34). The number of carboxylic acids is 1. The summed E-state index contributed by atoms with van der Waals surface area (Å²) in [6.07, 6.45) is 1.99. The molecule has 0 aliphatic carbocycles. The molecule has 0 spiro atoms.